The number of aliphatic hydroxyl groups excluding tert-OH is 2. The molecule has 0 spiro atoms. The smallest absolute Gasteiger partial charge is 0.162 e. The molecular weight excluding hydrogens is 240 g/mol. The second-order valence-electron chi connectivity index (χ2n) is 4.51. The molecule has 2 N–H and O–H groups in total. The summed E-state index contributed by atoms with van der Waals surface area (Å²) in [7, 11) is 1.97. The molecule has 2 heterocycles. The first-order chi connectivity index (χ1) is 8.04. The van der Waals surface area contributed by atoms with Gasteiger partial charge in [0.05, 0.1) is 6.61 Å². The summed E-state index contributed by atoms with van der Waals surface area (Å²) in [6.07, 6.45) is -0.911. The van der Waals surface area contributed by atoms with Crippen LogP contribution in [0.3, 0.4) is 0 Å². The van der Waals surface area contributed by atoms with Gasteiger partial charge in [0, 0.05) is 13.6 Å². The maximum atomic E-state index is 10.0. The zero-order valence-corrected chi connectivity index (χ0v) is 11.3. The average Bonchev–Trinajstić information content (AvgIpc) is 2.74. The molecule has 4 atom stereocenters. The van der Waals surface area contributed by atoms with E-state index in [2.05, 4.69) is 11.9 Å². The Labute approximate surface area is 106 Å². The van der Waals surface area contributed by atoms with Gasteiger partial charge in [-0.2, -0.15) is 0 Å². The average molecular weight is 260 g/mol. The molecule has 4 unspecified atom stereocenters. The molecule has 1 fully saturated rings. The molecule has 6 heteroatoms. The first-order valence-electron chi connectivity index (χ1n) is 6.02. The van der Waals surface area contributed by atoms with Crippen LogP contribution in [-0.4, -0.2) is 63.7 Å². The fraction of sp³-hybridized carbons (Fsp3) is 0.909. The SMILES string of the molecule is CCN(C)C1=NC2C(O)C(O)COC2(CC)S1. The molecule has 0 saturated carbocycles. The lowest BCUT2D eigenvalue weighted by atomic mass is 9.95. The molecule has 0 amide bonds. The van der Waals surface area contributed by atoms with Gasteiger partial charge in [-0.15, -0.1) is 0 Å². The summed E-state index contributed by atoms with van der Waals surface area (Å²) in [5.74, 6) is 0. The second-order valence-corrected chi connectivity index (χ2v) is 5.77. The Morgan fingerprint density at radius 3 is 2.82 bits per heavy atom. The molecule has 2 rings (SSSR count). The van der Waals surface area contributed by atoms with Gasteiger partial charge in [0.25, 0.3) is 0 Å². The Morgan fingerprint density at radius 1 is 1.53 bits per heavy atom. The Morgan fingerprint density at radius 2 is 2.24 bits per heavy atom. The van der Waals surface area contributed by atoms with Gasteiger partial charge in [-0.05, 0) is 13.3 Å². The minimum atomic E-state index is -0.838. The summed E-state index contributed by atoms with van der Waals surface area (Å²) in [6, 6.07) is -0.370. The van der Waals surface area contributed by atoms with E-state index in [1.54, 1.807) is 11.8 Å². The monoisotopic (exact) mass is 260 g/mol. The molecule has 0 aromatic rings. The third-order valence-corrected chi connectivity index (χ3v) is 5.07. The minimum absolute atomic E-state index is 0.178. The maximum absolute atomic E-state index is 10.0. The quantitative estimate of drug-likeness (QED) is 0.746. The van der Waals surface area contributed by atoms with Crippen molar-refractivity contribution in [2.24, 2.45) is 4.99 Å². The molecule has 17 heavy (non-hydrogen) atoms. The van der Waals surface area contributed by atoms with Crippen molar-refractivity contribution < 1.29 is 14.9 Å². The van der Waals surface area contributed by atoms with E-state index >= 15 is 0 Å². The highest BCUT2D eigenvalue weighted by Crippen LogP contribution is 2.46. The Kier molecular flexibility index (Phi) is 3.68. The van der Waals surface area contributed by atoms with Crippen LogP contribution in [0, 0.1) is 0 Å². The Hall–Kier alpha value is -0.300. The van der Waals surface area contributed by atoms with Crippen molar-refractivity contribution in [3.63, 3.8) is 0 Å². The lowest BCUT2D eigenvalue weighted by Crippen LogP contribution is -2.56. The van der Waals surface area contributed by atoms with Crippen molar-refractivity contribution in [3.8, 4) is 0 Å². The van der Waals surface area contributed by atoms with Crippen LogP contribution in [-0.2, 0) is 4.74 Å². The summed E-state index contributed by atoms with van der Waals surface area (Å²) < 4.78 is 5.76. The van der Waals surface area contributed by atoms with E-state index in [-0.39, 0.29) is 12.6 Å². The highest BCUT2D eigenvalue weighted by atomic mass is 32.2. The minimum Gasteiger partial charge on any atom is -0.388 e. The number of hydrogen-bond acceptors (Lipinski definition) is 6. The number of rotatable bonds is 2. The van der Waals surface area contributed by atoms with Crippen molar-refractivity contribution in [1.82, 2.24) is 4.90 Å². The summed E-state index contributed by atoms with van der Waals surface area (Å²) in [5.41, 5.74) is 0. The first-order valence-corrected chi connectivity index (χ1v) is 6.83. The van der Waals surface area contributed by atoms with E-state index in [0.717, 1.165) is 18.1 Å². The van der Waals surface area contributed by atoms with Gasteiger partial charge in [0.2, 0.25) is 0 Å². The largest absolute Gasteiger partial charge is 0.388 e. The standard InChI is InChI=1S/C11H20N2O3S/c1-4-11-9(8(15)7(14)6-16-11)12-10(17-11)13(3)5-2/h7-9,14-15H,4-6H2,1-3H3. The van der Waals surface area contributed by atoms with Gasteiger partial charge in [0.1, 0.15) is 23.2 Å². The number of hydrogen-bond donors (Lipinski definition) is 2. The van der Waals surface area contributed by atoms with E-state index < -0.39 is 17.1 Å². The zero-order chi connectivity index (χ0) is 12.6. The summed E-state index contributed by atoms with van der Waals surface area (Å²) in [6.45, 7) is 5.11. The fourth-order valence-electron chi connectivity index (χ4n) is 2.14. The van der Waals surface area contributed by atoms with Crippen LogP contribution < -0.4 is 0 Å². The molecule has 0 aliphatic carbocycles. The van der Waals surface area contributed by atoms with Crippen LogP contribution in [0.25, 0.3) is 0 Å². The molecule has 2 aliphatic heterocycles. The van der Waals surface area contributed by atoms with Crippen LogP contribution in [0.5, 0.6) is 0 Å². The van der Waals surface area contributed by atoms with Crippen molar-refractivity contribution in [2.75, 3.05) is 20.2 Å². The van der Waals surface area contributed by atoms with E-state index in [4.69, 9.17) is 4.74 Å². The molecule has 5 nitrogen and oxygen atoms in total. The van der Waals surface area contributed by atoms with Crippen LogP contribution in [0.1, 0.15) is 20.3 Å². The first kappa shape index (κ1) is 13.1. The predicted molar refractivity (Wildman–Crippen MR) is 68.1 cm³/mol. The van der Waals surface area contributed by atoms with Gasteiger partial charge in [-0.25, -0.2) is 0 Å². The number of aliphatic imine (C=N–C) groups is 1. The van der Waals surface area contributed by atoms with Gasteiger partial charge < -0.3 is 19.8 Å². The van der Waals surface area contributed by atoms with Crippen LogP contribution >= 0.6 is 11.8 Å². The summed E-state index contributed by atoms with van der Waals surface area (Å²) in [5, 5.41) is 20.6. The van der Waals surface area contributed by atoms with Crippen molar-refractivity contribution in [1.29, 1.82) is 0 Å². The topological polar surface area (TPSA) is 65.3 Å². The van der Waals surface area contributed by atoms with Crippen molar-refractivity contribution >= 4 is 16.9 Å². The highest BCUT2D eigenvalue weighted by molar-refractivity contribution is 8.15. The molecule has 0 radical (unpaired) electrons. The zero-order valence-electron chi connectivity index (χ0n) is 10.5. The molecule has 1 saturated heterocycles. The third-order valence-electron chi connectivity index (χ3n) is 3.47. The number of aliphatic hydroxyl groups is 2. The van der Waals surface area contributed by atoms with E-state index in [9.17, 15) is 10.2 Å². The van der Waals surface area contributed by atoms with Gasteiger partial charge >= 0.3 is 0 Å². The van der Waals surface area contributed by atoms with Gasteiger partial charge in [0.15, 0.2) is 5.17 Å². The lowest BCUT2D eigenvalue weighted by Gasteiger charge is -2.41. The molecule has 2 aliphatic rings. The van der Waals surface area contributed by atoms with Crippen molar-refractivity contribution in [2.45, 2.75) is 43.5 Å². The maximum Gasteiger partial charge on any atom is 0.162 e. The third kappa shape index (κ3) is 2.07. The summed E-state index contributed by atoms with van der Waals surface area (Å²) in [4.78, 5) is 6.05. The number of nitrogens with zero attached hydrogens (tertiary/aromatic N) is 2. The fourth-order valence-corrected chi connectivity index (χ4v) is 3.48. The molecule has 0 aromatic carbocycles. The van der Waals surface area contributed by atoms with E-state index in [1.807, 2.05) is 18.9 Å². The lowest BCUT2D eigenvalue weighted by molar-refractivity contribution is -0.145. The second kappa shape index (κ2) is 4.76. The molecule has 0 bridgehead atoms. The number of fused-ring (bicyclic) bond motifs is 1. The van der Waals surface area contributed by atoms with Gasteiger partial charge in [-0.3, -0.25) is 4.99 Å². The Bertz CT molecular complexity index is 326. The predicted octanol–water partition coefficient (Wildman–Crippen LogP) is 0.268. The normalized spacial score (nSPS) is 41.0. The van der Waals surface area contributed by atoms with Crippen molar-refractivity contribution in [3.05, 3.63) is 0 Å². The number of ether oxygens (including phenoxy) is 1. The van der Waals surface area contributed by atoms with Crippen LogP contribution in [0.15, 0.2) is 4.99 Å². The van der Waals surface area contributed by atoms with E-state index in [0.29, 0.717) is 0 Å². The molecular formula is C11H20N2O3S. The van der Waals surface area contributed by atoms with Gasteiger partial charge in [-0.1, -0.05) is 18.7 Å². The Balaban J connectivity index is 2.25. The molecule has 98 valence electrons. The highest BCUT2D eigenvalue weighted by Gasteiger charge is 2.54. The summed E-state index contributed by atoms with van der Waals surface area (Å²) >= 11 is 1.56. The van der Waals surface area contributed by atoms with Crippen LogP contribution in [0.4, 0.5) is 0 Å². The molecule has 0 aromatic heterocycles. The van der Waals surface area contributed by atoms with Crippen LogP contribution in [0.2, 0.25) is 0 Å². The number of thioether (sulfide) groups is 1. The number of amidine groups is 1. The van der Waals surface area contributed by atoms with E-state index in [1.165, 1.54) is 0 Å².